The van der Waals surface area contributed by atoms with Crippen molar-refractivity contribution in [3.8, 4) is 0 Å². The Hall–Kier alpha value is -1.42. The van der Waals surface area contributed by atoms with Crippen LogP contribution in [0.4, 0.5) is 4.39 Å². The minimum absolute atomic E-state index is 0. The monoisotopic (exact) mass is 559 g/mol. The standard InChI is InChI=1S/C24H38FN5O.HI/c1-4-26-24(28-21-11-14-30(17-21)23(31)18(2)3)27-15-19-9-12-29(13-10-19)16-20-7-5-6-8-22(20)25;/h5-8,18-19,21H,4,9-17H2,1-3H3,(H2,26,27,28);1H. The number of piperidine rings is 1. The summed E-state index contributed by atoms with van der Waals surface area (Å²) in [5.41, 5.74) is 0.777. The second-order valence-corrected chi connectivity index (χ2v) is 9.10. The Morgan fingerprint density at radius 2 is 1.91 bits per heavy atom. The third-order valence-electron chi connectivity index (χ3n) is 6.25. The summed E-state index contributed by atoms with van der Waals surface area (Å²) in [4.78, 5) is 21.4. The van der Waals surface area contributed by atoms with Crippen LogP contribution in [0.3, 0.4) is 0 Å². The fourth-order valence-electron chi connectivity index (χ4n) is 4.37. The highest BCUT2D eigenvalue weighted by Gasteiger charge is 2.28. The molecule has 1 amide bonds. The zero-order valence-electron chi connectivity index (χ0n) is 19.6. The van der Waals surface area contributed by atoms with E-state index in [1.807, 2.05) is 30.9 Å². The summed E-state index contributed by atoms with van der Waals surface area (Å²) in [6.07, 6.45) is 3.12. The highest BCUT2D eigenvalue weighted by atomic mass is 127. The molecule has 0 spiro atoms. The van der Waals surface area contributed by atoms with Gasteiger partial charge in [0.2, 0.25) is 5.91 Å². The lowest BCUT2D eigenvalue weighted by Gasteiger charge is -2.31. The first-order valence-electron chi connectivity index (χ1n) is 11.8. The molecule has 2 N–H and O–H groups in total. The number of carbonyl (C=O) groups excluding carboxylic acids is 1. The van der Waals surface area contributed by atoms with Gasteiger partial charge < -0.3 is 15.5 Å². The topological polar surface area (TPSA) is 60.0 Å². The molecule has 1 aromatic carbocycles. The first-order chi connectivity index (χ1) is 15.0. The quantitative estimate of drug-likeness (QED) is 0.305. The molecule has 0 bridgehead atoms. The summed E-state index contributed by atoms with van der Waals surface area (Å²) in [6.45, 7) is 11.8. The van der Waals surface area contributed by atoms with Crippen LogP contribution in [-0.2, 0) is 11.3 Å². The van der Waals surface area contributed by atoms with Gasteiger partial charge in [0.15, 0.2) is 5.96 Å². The number of aliphatic imine (C=N–C) groups is 1. The van der Waals surface area contributed by atoms with E-state index in [2.05, 4.69) is 22.5 Å². The van der Waals surface area contributed by atoms with Crippen molar-refractivity contribution in [2.45, 2.75) is 52.6 Å². The largest absolute Gasteiger partial charge is 0.357 e. The Morgan fingerprint density at radius 3 is 2.56 bits per heavy atom. The Labute approximate surface area is 209 Å². The van der Waals surface area contributed by atoms with Crippen LogP contribution < -0.4 is 10.6 Å². The molecule has 8 heteroatoms. The van der Waals surface area contributed by atoms with Crippen LogP contribution in [0.1, 0.15) is 45.6 Å². The minimum Gasteiger partial charge on any atom is -0.357 e. The normalized spacial score (nSPS) is 20.3. The van der Waals surface area contributed by atoms with Gasteiger partial charge in [-0.2, -0.15) is 0 Å². The van der Waals surface area contributed by atoms with Crippen LogP contribution in [0.2, 0.25) is 0 Å². The van der Waals surface area contributed by atoms with Gasteiger partial charge >= 0.3 is 0 Å². The lowest BCUT2D eigenvalue weighted by molar-refractivity contribution is -0.133. The number of hydrogen-bond donors (Lipinski definition) is 2. The summed E-state index contributed by atoms with van der Waals surface area (Å²) in [7, 11) is 0. The lowest BCUT2D eigenvalue weighted by Crippen LogP contribution is -2.45. The molecule has 2 fully saturated rings. The second kappa shape index (κ2) is 13.3. The number of benzene rings is 1. The fourth-order valence-corrected chi connectivity index (χ4v) is 4.37. The van der Waals surface area contributed by atoms with Crippen LogP contribution in [-0.4, -0.2) is 67.0 Å². The van der Waals surface area contributed by atoms with Crippen LogP contribution in [0.25, 0.3) is 0 Å². The Bertz CT molecular complexity index is 752. The van der Waals surface area contributed by atoms with Gasteiger partial charge in [0, 0.05) is 50.2 Å². The maximum Gasteiger partial charge on any atom is 0.225 e. The maximum atomic E-state index is 13.9. The molecule has 6 nitrogen and oxygen atoms in total. The van der Waals surface area contributed by atoms with E-state index in [1.165, 1.54) is 6.07 Å². The minimum atomic E-state index is -0.115. The van der Waals surface area contributed by atoms with Crippen LogP contribution in [0.15, 0.2) is 29.3 Å². The van der Waals surface area contributed by atoms with Crippen molar-refractivity contribution >= 4 is 35.8 Å². The van der Waals surface area contributed by atoms with E-state index >= 15 is 0 Å². The van der Waals surface area contributed by atoms with E-state index in [1.54, 1.807) is 6.07 Å². The van der Waals surface area contributed by atoms with Crippen molar-refractivity contribution in [3.63, 3.8) is 0 Å². The zero-order chi connectivity index (χ0) is 22.2. The van der Waals surface area contributed by atoms with Crippen molar-refractivity contribution in [1.29, 1.82) is 0 Å². The second-order valence-electron chi connectivity index (χ2n) is 9.10. The molecule has 2 aliphatic heterocycles. The van der Waals surface area contributed by atoms with E-state index in [9.17, 15) is 9.18 Å². The van der Waals surface area contributed by atoms with Crippen molar-refractivity contribution in [3.05, 3.63) is 35.6 Å². The lowest BCUT2D eigenvalue weighted by atomic mass is 9.96. The molecule has 1 atom stereocenters. The molecule has 0 aliphatic carbocycles. The Kier molecular flexibility index (Phi) is 11.2. The van der Waals surface area contributed by atoms with Crippen LogP contribution >= 0.6 is 24.0 Å². The van der Waals surface area contributed by atoms with Gasteiger partial charge in [-0.05, 0) is 51.3 Å². The molecule has 0 radical (unpaired) electrons. The maximum absolute atomic E-state index is 13.9. The molecule has 0 aromatic heterocycles. The summed E-state index contributed by atoms with van der Waals surface area (Å²) in [5.74, 6) is 1.56. The summed E-state index contributed by atoms with van der Waals surface area (Å²) >= 11 is 0. The predicted octanol–water partition coefficient (Wildman–Crippen LogP) is 3.47. The summed E-state index contributed by atoms with van der Waals surface area (Å²) in [6, 6.07) is 7.30. The molecule has 32 heavy (non-hydrogen) atoms. The first-order valence-corrected chi connectivity index (χ1v) is 11.8. The fraction of sp³-hybridized carbons (Fsp3) is 0.667. The Morgan fingerprint density at radius 1 is 1.19 bits per heavy atom. The Balaban J connectivity index is 0.00000363. The molecular formula is C24H39FIN5O. The molecule has 2 heterocycles. The molecule has 2 saturated heterocycles. The summed E-state index contributed by atoms with van der Waals surface area (Å²) in [5, 5.41) is 6.87. The smallest absolute Gasteiger partial charge is 0.225 e. The van der Waals surface area contributed by atoms with Crippen molar-refractivity contribution in [2.24, 2.45) is 16.8 Å². The number of nitrogens with zero attached hydrogens (tertiary/aromatic N) is 3. The van der Waals surface area contributed by atoms with Gasteiger partial charge in [0.1, 0.15) is 5.82 Å². The van der Waals surface area contributed by atoms with Crippen molar-refractivity contribution in [2.75, 3.05) is 39.3 Å². The average Bonchev–Trinajstić information content (AvgIpc) is 3.22. The van der Waals surface area contributed by atoms with Crippen LogP contribution in [0, 0.1) is 17.7 Å². The van der Waals surface area contributed by atoms with E-state index in [4.69, 9.17) is 4.99 Å². The van der Waals surface area contributed by atoms with Gasteiger partial charge in [0.05, 0.1) is 0 Å². The van der Waals surface area contributed by atoms with Gasteiger partial charge in [-0.15, -0.1) is 24.0 Å². The number of nitrogens with one attached hydrogen (secondary N) is 2. The molecule has 180 valence electrons. The number of guanidine groups is 1. The zero-order valence-corrected chi connectivity index (χ0v) is 22.0. The van der Waals surface area contributed by atoms with Gasteiger partial charge in [-0.1, -0.05) is 32.0 Å². The highest BCUT2D eigenvalue weighted by molar-refractivity contribution is 14.0. The molecule has 2 aliphatic rings. The third-order valence-corrected chi connectivity index (χ3v) is 6.25. The van der Waals surface area contributed by atoms with E-state index in [0.29, 0.717) is 12.5 Å². The van der Waals surface area contributed by atoms with Crippen molar-refractivity contribution < 1.29 is 9.18 Å². The summed E-state index contributed by atoms with van der Waals surface area (Å²) < 4.78 is 13.9. The highest BCUT2D eigenvalue weighted by Crippen LogP contribution is 2.20. The first kappa shape index (κ1) is 26.8. The number of halogens is 2. The third kappa shape index (κ3) is 7.86. The van der Waals surface area contributed by atoms with Crippen LogP contribution in [0.5, 0.6) is 0 Å². The molecular weight excluding hydrogens is 520 g/mol. The van der Waals surface area contributed by atoms with Gasteiger partial charge in [-0.3, -0.25) is 14.7 Å². The predicted molar refractivity (Wildman–Crippen MR) is 139 cm³/mol. The number of rotatable bonds is 7. The molecule has 1 unspecified atom stereocenters. The number of carbonyl (C=O) groups is 1. The van der Waals surface area contributed by atoms with E-state index in [0.717, 1.165) is 70.1 Å². The number of likely N-dealkylation sites (tertiary alicyclic amines) is 2. The average molecular weight is 560 g/mol. The SMILES string of the molecule is CCNC(=NCC1CCN(Cc2ccccc2F)CC1)NC1CCN(C(=O)C(C)C)C1.I. The number of amides is 1. The van der Waals surface area contributed by atoms with Gasteiger partial charge in [0.25, 0.3) is 0 Å². The molecule has 0 saturated carbocycles. The number of hydrogen-bond acceptors (Lipinski definition) is 3. The van der Waals surface area contributed by atoms with Crippen molar-refractivity contribution in [1.82, 2.24) is 20.4 Å². The van der Waals surface area contributed by atoms with Gasteiger partial charge in [-0.25, -0.2) is 4.39 Å². The van der Waals surface area contributed by atoms with E-state index < -0.39 is 0 Å². The molecule has 1 aromatic rings. The molecule has 3 rings (SSSR count). The van der Waals surface area contributed by atoms with E-state index in [-0.39, 0.29) is 47.7 Å².